The van der Waals surface area contributed by atoms with E-state index in [4.69, 9.17) is 0 Å². The molecule has 1 aliphatic heterocycles. The van der Waals surface area contributed by atoms with E-state index in [0.717, 1.165) is 24.9 Å². The molecule has 2 aromatic rings. The third-order valence-corrected chi connectivity index (χ3v) is 5.04. The van der Waals surface area contributed by atoms with Crippen LogP contribution in [0.15, 0.2) is 42.6 Å². The number of aliphatic hydroxyl groups is 1. The van der Waals surface area contributed by atoms with Crippen molar-refractivity contribution in [2.24, 2.45) is 5.41 Å². The van der Waals surface area contributed by atoms with Crippen LogP contribution in [0.25, 0.3) is 5.69 Å². The number of hydrogen-bond acceptors (Lipinski definition) is 3. The lowest BCUT2D eigenvalue weighted by Crippen LogP contribution is -2.46. The van der Waals surface area contributed by atoms with E-state index >= 15 is 0 Å². The Morgan fingerprint density at radius 2 is 1.96 bits per heavy atom. The van der Waals surface area contributed by atoms with E-state index in [9.17, 15) is 9.90 Å². The van der Waals surface area contributed by atoms with Crippen LogP contribution in [0.4, 0.5) is 10.6 Å². The van der Waals surface area contributed by atoms with Crippen LogP contribution in [0.1, 0.15) is 26.2 Å². The summed E-state index contributed by atoms with van der Waals surface area (Å²) in [4.78, 5) is 14.2. The van der Waals surface area contributed by atoms with Gasteiger partial charge < -0.3 is 10.0 Å². The van der Waals surface area contributed by atoms with Gasteiger partial charge in [0.25, 0.3) is 0 Å². The van der Waals surface area contributed by atoms with Gasteiger partial charge in [-0.2, -0.15) is 0 Å². The van der Waals surface area contributed by atoms with E-state index in [1.165, 1.54) is 0 Å². The highest BCUT2D eigenvalue weighted by molar-refractivity contribution is 5.88. The third-order valence-electron chi connectivity index (χ3n) is 5.04. The first-order valence-electron chi connectivity index (χ1n) is 8.44. The van der Waals surface area contributed by atoms with Crippen LogP contribution in [0.2, 0.25) is 0 Å². The van der Waals surface area contributed by atoms with Gasteiger partial charge in [-0.05, 0) is 36.8 Å². The summed E-state index contributed by atoms with van der Waals surface area (Å²) in [6.45, 7) is 3.63. The van der Waals surface area contributed by atoms with Crippen molar-refractivity contribution < 1.29 is 9.90 Å². The Morgan fingerprint density at radius 1 is 1.25 bits per heavy atom. The molecular weight excluding hydrogens is 304 g/mol. The lowest BCUT2D eigenvalue weighted by Gasteiger charge is -2.40. The Labute approximate surface area is 142 Å². The number of anilines is 1. The number of aliphatic hydroxyl groups excluding tert-OH is 1. The lowest BCUT2D eigenvalue weighted by atomic mass is 9.77. The molecule has 0 spiro atoms. The average Bonchev–Trinajstić information content (AvgIpc) is 3.11. The maximum atomic E-state index is 12.4. The summed E-state index contributed by atoms with van der Waals surface area (Å²) in [6, 6.07) is 11.4. The minimum atomic E-state index is -0.129. The molecule has 2 heterocycles. The first kappa shape index (κ1) is 16.5. The monoisotopic (exact) mass is 328 g/mol. The molecule has 1 aliphatic rings. The van der Waals surface area contributed by atoms with Crippen molar-refractivity contribution >= 4 is 11.8 Å². The molecule has 0 atom stereocenters. The number of likely N-dealkylation sites (tertiary alicyclic amines) is 1. The van der Waals surface area contributed by atoms with Crippen LogP contribution in [0.3, 0.4) is 0 Å². The van der Waals surface area contributed by atoms with Crippen LogP contribution in [-0.4, -0.2) is 45.5 Å². The first-order valence-corrected chi connectivity index (χ1v) is 8.44. The number of benzene rings is 1. The normalized spacial score (nSPS) is 16.8. The largest absolute Gasteiger partial charge is 0.396 e. The number of nitrogens with one attached hydrogen (secondary N) is 1. The van der Waals surface area contributed by atoms with Crippen LogP contribution < -0.4 is 5.32 Å². The van der Waals surface area contributed by atoms with Crippen molar-refractivity contribution in [3.8, 4) is 5.69 Å². The number of carbonyl (C=O) groups is 1. The molecule has 2 amide bonds. The molecule has 0 saturated carbocycles. The quantitative estimate of drug-likeness (QED) is 0.906. The number of para-hydroxylation sites is 1. The predicted octanol–water partition coefficient (Wildman–Crippen LogP) is 2.89. The first-order chi connectivity index (χ1) is 11.7. The van der Waals surface area contributed by atoms with E-state index in [1.54, 1.807) is 15.6 Å². The van der Waals surface area contributed by atoms with E-state index in [-0.39, 0.29) is 18.1 Å². The minimum absolute atomic E-state index is 0.0222. The Hall–Kier alpha value is -2.34. The molecular formula is C18H24N4O2. The number of amides is 2. The summed E-state index contributed by atoms with van der Waals surface area (Å²) < 4.78 is 1.74. The molecule has 0 aliphatic carbocycles. The van der Waals surface area contributed by atoms with Gasteiger partial charge in [0.05, 0.1) is 5.69 Å². The smallest absolute Gasteiger partial charge is 0.323 e. The molecule has 1 aromatic carbocycles. The molecule has 6 heteroatoms. The van der Waals surface area contributed by atoms with Gasteiger partial charge >= 0.3 is 6.03 Å². The number of urea groups is 1. The number of aromatic nitrogens is 2. The van der Waals surface area contributed by atoms with Gasteiger partial charge in [0.2, 0.25) is 0 Å². The van der Waals surface area contributed by atoms with Gasteiger partial charge in [-0.15, -0.1) is 5.10 Å². The van der Waals surface area contributed by atoms with E-state index < -0.39 is 0 Å². The number of piperidine rings is 1. The molecule has 128 valence electrons. The van der Waals surface area contributed by atoms with Crippen molar-refractivity contribution in [2.75, 3.05) is 25.0 Å². The Bertz CT molecular complexity index is 669. The zero-order valence-corrected chi connectivity index (χ0v) is 14.0. The Kier molecular flexibility index (Phi) is 4.85. The molecule has 1 fully saturated rings. The van der Waals surface area contributed by atoms with Crippen molar-refractivity contribution in [3.63, 3.8) is 0 Å². The highest BCUT2D eigenvalue weighted by atomic mass is 16.3. The van der Waals surface area contributed by atoms with Crippen LogP contribution in [-0.2, 0) is 0 Å². The van der Waals surface area contributed by atoms with Gasteiger partial charge in [-0.1, -0.05) is 25.1 Å². The van der Waals surface area contributed by atoms with E-state index in [2.05, 4.69) is 17.3 Å². The second-order valence-corrected chi connectivity index (χ2v) is 6.41. The maximum absolute atomic E-state index is 12.4. The fourth-order valence-electron chi connectivity index (χ4n) is 3.11. The summed E-state index contributed by atoms with van der Waals surface area (Å²) in [6.07, 6.45) is 4.45. The molecule has 0 bridgehead atoms. The van der Waals surface area contributed by atoms with E-state index in [0.29, 0.717) is 18.9 Å². The van der Waals surface area contributed by atoms with Gasteiger partial charge in [0, 0.05) is 32.0 Å². The van der Waals surface area contributed by atoms with E-state index in [1.807, 2.05) is 36.5 Å². The SMILES string of the molecule is CCC1(CO)CCN(C(=O)Nc2ccn(-c3ccccc3)n2)CC1. The number of carbonyl (C=O) groups excluding carboxylic acids is 1. The zero-order chi connectivity index (χ0) is 17.0. The summed E-state index contributed by atoms with van der Waals surface area (Å²) in [7, 11) is 0. The third kappa shape index (κ3) is 3.43. The summed E-state index contributed by atoms with van der Waals surface area (Å²) in [5.74, 6) is 0.540. The van der Waals surface area contributed by atoms with Gasteiger partial charge in [0.15, 0.2) is 5.82 Å². The van der Waals surface area contributed by atoms with Crippen LogP contribution in [0, 0.1) is 5.41 Å². The Morgan fingerprint density at radius 3 is 2.58 bits per heavy atom. The Balaban J connectivity index is 1.59. The van der Waals surface area contributed by atoms with Gasteiger partial charge in [-0.3, -0.25) is 5.32 Å². The molecule has 0 unspecified atom stereocenters. The topological polar surface area (TPSA) is 70.4 Å². The number of nitrogens with zero attached hydrogens (tertiary/aromatic N) is 3. The zero-order valence-electron chi connectivity index (χ0n) is 14.0. The molecule has 2 N–H and O–H groups in total. The minimum Gasteiger partial charge on any atom is -0.396 e. The fraction of sp³-hybridized carbons (Fsp3) is 0.444. The van der Waals surface area contributed by atoms with Crippen LogP contribution >= 0.6 is 0 Å². The standard InChI is InChI=1S/C18H24N4O2/c1-2-18(14-23)9-12-21(13-10-18)17(24)19-16-8-11-22(20-16)15-6-4-3-5-7-15/h3-8,11,23H,2,9-10,12-14H2,1H3,(H,19,20,24). The summed E-state index contributed by atoms with van der Waals surface area (Å²) in [5, 5.41) is 16.8. The number of hydrogen-bond donors (Lipinski definition) is 2. The van der Waals surface area contributed by atoms with Crippen LogP contribution in [0.5, 0.6) is 0 Å². The van der Waals surface area contributed by atoms with Crippen molar-refractivity contribution in [1.29, 1.82) is 0 Å². The molecule has 0 radical (unpaired) electrons. The number of rotatable bonds is 4. The second-order valence-electron chi connectivity index (χ2n) is 6.41. The van der Waals surface area contributed by atoms with Gasteiger partial charge in [-0.25, -0.2) is 9.48 Å². The summed E-state index contributed by atoms with van der Waals surface area (Å²) >= 11 is 0. The van der Waals surface area contributed by atoms with Crippen molar-refractivity contribution in [2.45, 2.75) is 26.2 Å². The predicted molar refractivity (Wildman–Crippen MR) is 93.2 cm³/mol. The lowest BCUT2D eigenvalue weighted by molar-refractivity contribution is 0.0542. The average molecular weight is 328 g/mol. The van der Waals surface area contributed by atoms with Gasteiger partial charge in [0.1, 0.15) is 0 Å². The fourth-order valence-corrected chi connectivity index (χ4v) is 3.11. The molecule has 1 aromatic heterocycles. The highest BCUT2D eigenvalue weighted by Gasteiger charge is 2.33. The molecule has 24 heavy (non-hydrogen) atoms. The van der Waals surface area contributed by atoms with Crippen molar-refractivity contribution in [1.82, 2.24) is 14.7 Å². The maximum Gasteiger partial charge on any atom is 0.323 e. The summed E-state index contributed by atoms with van der Waals surface area (Å²) in [5.41, 5.74) is 0.928. The molecule has 6 nitrogen and oxygen atoms in total. The van der Waals surface area contributed by atoms with Crippen molar-refractivity contribution in [3.05, 3.63) is 42.6 Å². The molecule has 3 rings (SSSR count). The molecule has 1 saturated heterocycles. The highest BCUT2D eigenvalue weighted by Crippen LogP contribution is 2.34. The second kappa shape index (κ2) is 7.05.